The lowest BCUT2D eigenvalue weighted by atomic mass is 10.1. The molecule has 0 spiro atoms. The number of halogens is 1. The van der Waals surface area contributed by atoms with E-state index in [1.54, 1.807) is 0 Å². The summed E-state index contributed by atoms with van der Waals surface area (Å²) in [5.74, 6) is 0.518. The molecule has 140 valence electrons. The van der Waals surface area contributed by atoms with Gasteiger partial charge in [-0.3, -0.25) is 4.79 Å². The number of aromatic nitrogens is 2. The molecule has 1 aromatic heterocycles. The van der Waals surface area contributed by atoms with Crippen molar-refractivity contribution in [3.63, 3.8) is 0 Å². The molecule has 0 aliphatic rings. The lowest BCUT2D eigenvalue weighted by molar-refractivity contribution is -0.113. The highest BCUT2D eigenvalue weighted by Gasteiger charge is 2.13. The van der Waals surface area contributed by atoms with Gasteiger partial charge >= 0.3 is 0 Å². The third-order valence-corrected chi connectivity index (χ3v) is 5.40. The van der Waals surface area contributed by atoms with Crippen LogP contribution in [0.25, 0.3) is 11.5 Å². The minimum absolute atomic E-state index is 0.109. The van der Waals surface area contributed by atoms with Crippen LogP contribution < -0.4 is 5.32 Å². The fourth-order valence-electron chi connectivity index (χ4n) is 2.47. The van der Waals surface area contributed by atoms with Crippen molar-refractivity contribution in [2.45, 2.75) is 31.4 Å². The number of nitrogens with one attached hydrogen (secondary N) is 1. The molecule has 1 heterocycles. The van der Waals surface area contributed by atoms with Crippen LogP contribution >= 0.6 is 27.7 Å². The lowest BCUT2D eigenvalue weighted by Crippen LogP contribution is -2.13. The number of thioether (sulfide) groups is 1. The van der Waals surface area contributed by atoms with Gasteiger partial charge in [-0.05, 0) is 58.6 Å². The van der Waals surface area contributed by atoms with Crippen molar-refractivity contribution in [1.29, 1.82) is 0 Å². The molecule has 0 saturated carbocycles. The van der Waals surface area contributed by atoms with Crippen molar-refractivity contribution in [1.82, 2.24) is 10.2 Å². The number of carbonyl (C=O) groups excluding carboxylic acids is 1. The standard InChI is InChI=1S/C20H20BrN3O2S/c1-2-3-6-14-9-11-15(12-10-14)22-18(25)13-27-20-24-23-19(26-20)16-7-4-5-8-17(16)21/h4-5,7-12H,2-3,6,13H2,1H3,(H,22,25). The van der Waals surface area contributed by atoms with E-state index < -0.39 is 0 Å². The maximum absolute atomic E-state index is 12.1. The number of rotatable bonds is 8. The van der Waals surface area contributed by atoms with E-state index >= 15 is 0 Å². The zero-order valence-electron chi connectivity index (χ0n) is 14.9. The predicted molar refractivity (Wildman–Crippen MR) is 112 cm³/mol. The topological polar surface area (TPSA) is 68.0 Å². The lowest BCUT2D eigenvalue weighted by Gasteiger charge is -2.05. The number of benzene rings is 2. The molecule has 0 atom stereocenters. The molecule has 0 saturated heterocycles. The first-order valence-corrected chi connectivity index (χ1v) is 10.5. The van der Waals surface area contributed by atoms with Gasteiger partial charge in [0.2, 0.25) is 11.8 Å². The van der Waals surface area contributed by atoms with Crippen molar-refractivity contribution in [2.24, 2.45) is 0 Å². The van der Waals surface area contributed by atoms with Gasteiger partial charge in [0, 0.05) is 10.2 Å². The molecule has 0 fully saturated rings. The van der Waals surface area contributed by atoms with E-state index in [0.29, 0.717) is 11.1 Å². The molecule has 0 unspecified atom stereocenters. The molecule has 0 aliphatic heterocycles. The van der Waals surface area contributed by atoms with Crippen LogP contribution in [0.3, 0.4) is 0 Å². The second-order valence-corrected chi connectivity index (χ2v) is 7.77. The molecule has 3 rings (SSSR count). The highest BCUT2D eigenvalue weighted by atomic mass is 79.9. The molecule has 2 aromatic carbocycles. The van der Waals surface area contributed by atoms with Crippen LogP contribution in [-0.4, -0.2) is 21.9 Å². The normalized spacial score (nSPS) is 10.7. The monoisotopic (exact) mass is 445 g/mol. The first kappa shape index (κ1) is 19.6. The number of hydrogen-bond acceptors (Lipinski definition) is 5. The van der Waals surface area contributed by atoms with Crippen LogP contribution in [-0.2, 0) is 11.2 Å². The number of nitrogens with zero attached hydrogens (tertiary/aromatic N) is 2. The summed E-state index contributed by atoms with van der Waals surface area (Å²) in [5, 5.41) is 11.3. The summed E-state index contributed by atoms with van der Waals surface area (Å²) in [6, 6.07) is 15.6. The van der Waals surface area contributed by atoms with Gasteiger partial charge in [-0.25, -0.2) is 0 Å². The summed E-state index contributed by atoms with van der Waals surface area (Å²) in [5.41, 5.74) is 2.90. The summed E-state index contributed by atoms with van der Waals surface area (Å²) in [7, 11) is 0. The van der Waals surface area contributed by atoms with Gasteiger partial charge in [-0.2, -0.15) is 0 Å². The Labute approximate surface area is 171 Å². The number of aryl methyl sites for hydroxylation is 1. The largest absolute Gasteiger partial charge is 0.411 e. The van der Waals surface area contributed by atoms with Crippen molar-refractivity contribution in [3.8, 4) is 11.5 Å². The predicted octanol–water partition coefficient (Wildman–Crippen LogP) is 5.57. The first-order valence-electron chi connectivity index (χ1n) is 8.75. The van der Waals surface area contributed by atoms with Gasteiger partial charge in [0.15, 0.2) is 0 Å². The SMILES string of the molecule is CCCCc1ccc(NC(=O)CSc2nnc(-c3ccccc3Br)o2)cc1. The molecule has 1 N–H and O–H groups in total. The average Bonchev–Trinajstić information content (AvgIpc) is 3.15. The van der Waals surface area contributed by atoms with Crippen LogP contribution in [0.2, 0.25) is 0 Å². The number of anilines is 1. The van der Waals surface area contributed by atoms with Crippen LogP contribution in [0.15, 0.2) is 62.6 Å². The van der Waals surface area contributed by atoms with Gasteiger partial charge in [-0.1, -0.05) is 49.4 Å². The van der Waals surface area contributed by atoms with Crippen molar-refractivity contribution in [2.75, 3.05) is 11.1 Å². The Morgan fingerprint density at radius 2 is 1.93 bits per heavy atom. The molecule has 5 nitrogen and oxygen atoms in total. The van der Waals surface area contributed by atoms with Crippen LogP contribution in [0, 0.1) is 0 Å². The van der Waals surface area contributed by atoms with E-state index in [2.05, 4.69) is 50.5 Å². The Bertz CT molecular complexity index is 896. The average molecular weight is 446 g/mol. The van der Waals surface area contributed by atoms with Crippen molar-refractivity contribution >= 4 is 39.3 Å². The van der Waals surface area contributed by atoms with Crippen molar-refractivity contribution in [3.05, 3.63) is 58.6 Å². The minimum Gasteiger partial charge on any atom is -0.411 e. The third-order valence-electron chi connectivity index (χ3n) is 3.89. The molecule has 1 amide bonds. The highest BCUT2D eigenvalue weighted by molar-refractivity contribution is 9.10. The first-order chi connectivity index (χ1) is 13.2. The Balaban J connectivity index is 1.51. The van der Waals surface area contributed by atoms with Gasteiger partial charge < -0.3 is 9.73 Å². The van der Waals surface area contributed by atoms with Gasteiger partial charge in [-0.15, -0.1) is 10.2 Å². The molecule has 7 heteroatoms. The molecule has 0 aliphatic carbocycles. The summed E-state index contributed by atoms with van der Waals surface area (Å²) in [6.45, 7) is 2.18. The molecular formula is C20H20BrN3O2S. The van der Waals surface area contributed by atoms with E-state index in [4.69, 9.17) is 4.42 Å². The number of amides is 1. The Morgan fingerprint density at radius 1 is 1.15 bits per heavy atom. The molecular weight excluding hydrogens is 426 g/mol. The van der Waals surface area contributed by atoms with E-state index in [1.165, 1.54) is 30.2 Å². The van der Waals surface area contributed by atoms with E-state index in [0.717, 1.165) is 22.1 Å². The Hall–Kier alpha value is -2.12. The van der Waals surface area contributed by atoms with E-state index in [-0.39, 0.29) is 11.7 Å². The van der Waals surface area contributed by atoms with Gasteiger partial charge in [0.1, 0.15) is 0 Å². The van der Waals surface area contributed by atoms with E-state index in [1.807, 2.05) is 36.4 Å². The zero-order valence-corrected chi connectivity index (χ0v) is 17.3. The summed E-state index contributed by atoms with van der Waals surface area (Å²) < 4.78 is 6.52. The Morgan fingerprint density at radius 3 is 2.67 bits per heavy atom. The maximum Gasteiger partial charge on any atom is 0.277 e. The van der Waals surface area contributed by atoms with E-state index in [9.17, 15) is 4.79 Å². The third kappa shape index (κ3) is 5.68. The van der Waals surface area contributed by atoms with Crippen LogP contribution in [0.5, 0.6) is 0 Å². The summed E-state index contributed by atoms with van der Waals surface area (Å²) in [6.07, 6.45) is 3.42. The second-order valence-electron chi connectivity index (χ2n) is 5.99. The highest BCUT2D eigenvalue weighted by Crippen LogP contribution is 2.29. The number of carbonyl (C=O) groups is 1. The second kappa shape index (κ2) is 9.71. The fourth-order valence-corrected chi connectivity index (χ4v) is 3.49. The summed E-state index contributed by atoms with van der Waals surface area (Å²) >= 11 is 4.68. The van der Waals surface area contributed by atoms with Crippen LogP contribution in [0.4, 0.5) is 5.69 Å². The van der Waals surface area contributed by atoms with Crippen LogP contribution in [0.1, 0.15) is 25.3 Å². The minimum atomic E-state index is -0.109. The van der Waals surface area contributed by atoms with Crippen molar-refractivity contribution < 1.29 is 9.21 Å². The molecule has 0 bridgehead atoms. The number of hydrogen-bond donors (Lipinski definition) is 1. The quantitative estimate of drug-likeness (QED) is 0.458. The van der Waals surface area contributed by atoms with Gasteiger partial charge in [0.25, 0.3) is 5.22 Å². The van der Waals surface area contributed by atoms with Gasteiger partial charge in [0.05, 0.1) is 11.3 Å². The molecule has 0 radical (unpaired) electrons. The zero-order chi connectivity index (χ0) is 19.1. The maximum atomic E-state index is 12.1. The Kier molecular flexibility index (Phi) is 7.06. The fraction of sp³-hybridized carbons (Fsp3) is 0.250. The summed E-state index contributed by atoms with van der Waals surface area (Å²) in [4.78, 5) is 12.1. The number of unbranched alkanes of at least 4 members (excludes halogenated alkanes) is 1. The molecule has 3 aromatic rings. The molecule has 27 heavy (non-hydrogen) atoms. The smallest absolute Gasteiger partial charge is 0.277 e.